The van der Waals surface area contributed by atoms with E-state index in [9.17, 15) is 14.4 Å². The van der Waals surface area contributed by atoms with Gasteiger partial charge in [0.1, 0.15) is 11.2 Å². The maximum atomic E-state index is 12.6. The van der Waals surface area contributed by atoms with Crippen molar-refractivity contribution in [2.24, 2.45) is 5.41 Å². The molecule has 0 aliphatic carbocycles. The Labute approximate surface area is 131 Å². The molecule has 0 radical (unpaired) electrons. The van der Waals surface area contributed by atoms with Gasteiger partial charge in [-0.1, -0.05) is 0 Å². The summed E-state index contributed by atoms with van der Waals surface area (Å²) in [7, 11) is 0. The summed E-state index contributed by atoms with van der Waals surface area (Å²) >= 11 is 0. The number of ether oxygens (including phenoxy) is 2. The van der Waals surface area contributed by atoms with Crippen molar-refractivity contribution in [1.82, 2.24) is 5.32 Å². The van der Waals surface area contributed by atoms with Crippen LogP contribution >= 0.6 is 0 Å². The number of nitrogens with one attached hydrogen (secondary N) is 1. The van der Waals surface area contributed by atoms with Crippen molar-refractivity contribution in [3.8, 4) is 0 Å². The van der Waals surface area contributed by atoms with E-state index in [-0.39, 0.29) is 6.42 Å². The highest BCUT2D eigenvalue weighted by atomic mass is 16.6. The molecule has 6 nitrogen and oxygen atoms in total. The molecule has 1 heterocycles. The largest absolute Gasteiger partial charge is 0.459 e. The molecule has 124 valence electrons. The van der Waals surface area contributed by atoms with Gasteiger partial charge in [-0.3, -0.25) is 14.4 Å². The van der Waals surface area contributed by atoms with Gasteiger partial charge in [-0.15, -0.1) is 0 Å². The molecule has 0 aromatic rings. The number of carbonyl (C=O) groups excluding carboxylic acids is 3. The van der Waals surface area contributed by atoms with Gasteiger partial charge >= 0.3 is 11.9 Å². The van der Waals surface area contributed by atoms with Crippen molar-refractivity contribution >= 4 is 17.8 Å². The van der Waals surface area contributed by atoms with E-state index in [2.05, 4.69) is 5.32 Å². The van der Waals surface area contributed by atoms with E-state index >= 15 is 0 Å². The van der Waals surface area contributed by atoms with Crippen molar-refractivity contribution in [2.75, 3.05) is 0 Å². The van der Waals surface area contributed by atoms with Gasteiger partial charge < -0.3 is 14.8 Å². The van der Waals surface area contributed by atoms with Gasteiger partial charge in [-0.25, -0.2) is 0 Å². The van der Waals surface area contributed by atoms with Crippen LogP contribution in [-0.2, 0) is 23.9 Å². The monoisotopic (exact) mass is 311 g/mol. The average molecular weight is 311 g/mol. The standard InChI is InChI=1S/C16H25NO5/c1-10-8-16(9-11(18)17-10,12(19)21-14(2,3)4)13(20)22-15(5,6)7/h8H,9H2,1-7H3,(H,17,18). The lowest BCUT2D eigenvalue weighted by Crippen LogP contribution is -2.50. The predicted octanol–water partition coefficient (Wildman–Crippen LogP) is 2.08. The van der Waals surface area contributed by atoms with Gasteiger partial charge in [0.15, 0.2) is 5.41 Å². The minimum atomic E-state index is -1.74. The lowest BCUT2D eigenvalue weighted by Gasteiger charge is -2.34. The zero-order chi connectivity index (χ0) is 17.3. The van der Waals surface area contributed by atoms with E-state index in [0.717, 1.165) is 0 Å². The Morgan fingerprint density at radius 3 is 1.77 bits per heavy atom. The minimum Gasteiger partial charge on any atom is -0.459 e. The molecule has 0 unspecified atom stereocenters. The van der Waals surface area contributed by atoms with Crippen molar-refractivity contribution in [3.05, 3.63) is 11.8 Å². The molecule has 0 atom stereocenters. The second-order valence-electron chi connectivity index (χ2n) is 7.53. The van der Waals surface area contributed by atoms with Gasteiger partial charge in [0, 0.05) is 5.70 Å². The van der Waals surface area contributed by atoms with Crippen LogP contribution in [0.15, 0.2) is 11.8 Å². The third-order valence-corrected chi connectivity index (χ3v) is 2.77. The van der Waals surface area contributed by atoms with E-state index in [1.807, 2.05) is 0 Å². The molecular formula is C16H25NO5. The van der Waals surface area contributed by atoms with E-state index in [1.165, 1.54) is 6.08 Å². The predicted molar refractivity (Wildman–Crippen MR) is 80.6 cm³/mol. The summed E-state index contributed by atoms with van der Waals surface area (Å²) in [6, 6.07) is 0. The molecule has 1 rings (SSSR count). The Balaban J connectivity index is 3.27. The average Bonchev–Trinajstić information content (AvgIpc) is 2.22. The van der Waals surface area contributed by atoms with Gasteiger partial charge in [0.05, 0.1) is 6.42 Å². The summed E-state index contributed by atoms with van der Waals surface area (Å²) in [6.07, 6.45) is 1.09. The van der Waals surface area contributed by atoms with Crippen LogP contribution in [-0.4, -0.2) is 29.0 Å². The molecule has 0 aromatic heterocycles. The van der Waals surface area contributed by atoms with Crippen LogP contribution < -0.4 is 5.32 Å². The smallest absolute Gasteiger partial charge is 0.328 e. The Kier molecular flexibility index (Phi) is 4.75. The highest BCUT2D eigenvalue weighted by Crippen LogP contribution is 2.35. The zero-order valence-electron chi connectivity index (χ0n) is 14.3. The molecule has 22 heavy (non-hydrogen) atoms. The second kappa shape index (κ2) is 5.74. The normalized spacial score (nSPS) is 18.1. The van der Waals surface area contributed by atoms with E-state index in [0.29, 0.717) is 5.70 Å². The summed E-state index contributed by atoms with van der Waals surface area (Å²) in [5.41, 5.74) is -2.87. The van der Waals surface area contributed by atoms with Crippen LogP contribution in [0.5, 0.6) is 0 Å². The highest BCUT2D eigenvalue weighted by molar-refractivity contribution is 6.07. The van der Waals surface area contributed by atoms with Crippen LogP contribution in [0.25, 0.3) is 0 Å². The summed E-state index contributed by atoms with van der Waals surface area (Å²) in [6.45, 7) is 11.8. The maximum Gasteiger partial charge on any atom is 0.328 e. The fraction of sp³-hybridized carbons (Fsp3) is 0.688. The quantitative estimate of drug-likeness (QED) is 0.623. The Bertz CT molecular complexity index is 492. The highest BCUT2D eigenvalue weighted by Gasteiger charge is 2.52. The lowest BCUT2D eigenvalue weighted by atomic mass is 9.80. The molecule has 0 fully saturated rings. The fourth-order valence-electron chi connectivity index (χ4n) is 2.06. The van der Waals surface area contributed by atoms with E-state index in [1.54, 1.807) is 48.5 Å². The third kappa shape index (κ3) is 4.58. The van der Waals surface area contributed by atoms with Crippen molar-refractivity contribution < 1.29 is 23.9 Å². The first-order chi connectivity index (χ1) is 9.75. The zero-order valence-corrected chi connectivity index (χ0v) is 14.3. The van der Waals surface area contributed by atoms with Crippen LogP contribution in [0.3, 0.4) is 0 Å². The van der Waals surface area contributed by atoms with E-state index in [4.69, 9.17) is 9.47 Å². The fourth-order valence-corrected chi connectivity index (χ4v) is 2.06. The third-order valence-electron chi connectivity index (χ3n) is 2.77. The second-order valence-corrected chi connectivity index (χ2v) is 7.53. The Morgan fingerprint density at radius 1 is 1.05 bits per heavy atom. The molecule has 0 saturated heterocycles. The topological polar surface area (TPSA) is 81.7 Å². The first-order valence-corrected chi connectivity index (χ1v) is 7.21. The van der Waals surface area contributed by atoms with Gasteiger partial charge in [0.25, 0.3) is 0 Å². The molecule has 0 bridgehead atoms. The van der Waals surface area contributed by atoms with Crippen LogP contribution in [0.1, 0.15) is 54.9 Å². The van der Waals surface area contributed by atoms with E-state index < -0.39 is 34.5 Å². The maximum absolute atomic E-state index is 12.6. The number of allylic oxidation sites excluding steroid dienone is 1. The molecular weight excluding hydrogens is 286 g/mol. The SMILES string of the molecule is CC1=CC(C(=O)OC(C)(C)C)(C(=O)OC(C)(C)C)CC(=O)N1. The Hall–Kier alpha value is -1.85. The van der Waals surface area contributed by atoms with Crippen LogP contribution in [0, 0.1) is 5.41 Å². The van der Waals surface area contributed by atoms with Gasteiger partial charge in [0.2, 0.25) is 5.91 Å². The number of hydrogen-bond acceptors (Lipinski definition) is 5. The van der Waals surface area contributed by atoms with Gasteiger partial charge in [-0.05, 0) is 54.5 Å². The number of hydrogen-bond donors (Lipinski definition) is 1. The molecule has 1 N–H and O–H groups in total. The summed E-state index contributed by atoms with van der Waals surface area (Å²) < 4.78 is 10.7. The van der Waals surface area contributed by atoms with Crippen molar-refractivity contribution in [2.45, 2.75) is 66.1 Å². The van der Waals surface area contributed by atoms with Crippen LogP contribution in [0.2, 0.25) is 0 Å². The molecule has 1 aliphatic rings. The number of esters is 2. The Morgan fingerprint density at radius 2 is 1.45 bits per heavy atom. The number of carbonyl (C=O) groups is 3. The number of rotatable bonds is 2. The lowest BCUT2D eigenvalue weighted by molar-refractivity contribution is -0.183. The first-order valence-electron chi connectivity index (χ1n) is 7.21. The number of amides is 1. The molecule has 1 amide bonds. The molecule has 0 aromatic carbocycles. The summed E-state index contributed by atoms with van der Waals surface area (Å²) in [5.74, 6) is -1.97. The van der Waals surface area contributed by atoms with Gasteiger partial charge in [-0.2, -0.15) is 0 Å². The summed E-state index contributed by atoms with van der Waals surface area (Å²) in [5, 5.41) is 2.58. The van der Waals surface area contributed by atoms with Crippen molar-refractivity contribution in [3.63, 3.8) is 0 Å². The molecule has 0 spiro atoms. The van der Waals surface area contributed by atoms with Crippen molar-refractivity contribution in [1.29, 1.82) is 0 Å². The minimum absolute atomic E-state index is 0.325. The molecule has 6 heteroatoms. The molecule has 0 saturated carbocycles. The van der Waals surface area contributed by atoms with Crippen LogP contribution in [0.4, 0.5) is 0 Å². The molecule has 1 aliphatic heterocycles. The first kappa shape index (κ1) is 18.2. The summed E-state index contributed by atoms with van der Waals surface area (Å²) in [4.78, 5) is 37.1.